The van der Waals surface area contributed by atoms with Crippen molar-refractivity contribution in [1.29, 1.82) is 0 Å². The predicted molar refractivity (Wildman–Crippen MR) is 76.8 cm³/mol. The third-order valence-corrected chi connectivity index (χ3v) is 3.59. The molecule has 1 heterocycles. The molecule has 0 unspecified atom stereocenters. The van der Waals surface area contributed by atoms with E-state index in [4.69, 9.17) is 14.2 Å². The first-order valence-electron chi connectivity index (χ1n) is 6.72. The van der Waals surface area contributed by atoms with E-state index in [9.17, 15) is 0 Å². The second-order valence-corrected chi connectivity index (χ2v) is 5.45. The van der Waals surface area contributed by atoms with Crippen molar-refractivity contribution in [3.05, 3.63) is 28.7 Å². The monoisotopic (exact) mass is 330 g/mol. The molecule has 19 heavy (non-hydrogen) atoms. The molecule has 1 N–H and O–H groups in total. The largest absolute Gasteiger partial charge is 0.491 e. The Morgan fingerprint density at radius 2 is 2.00 bits per heavy atom. The van der Waals surface area contributed by atoms with Crippen molar-refractivity contribution in [1.82, 2.24) is 0 Å². The van der Waals surface area contributed by atoms with Gasteiger partial charge in [-0.05, 0) is 18.2 Å². The highest BCUT2D eigenvalue weighted by atomic mass is 79.9. The van der Waals surface area contributed by atoms with Gasteiger partial charge in [0.05, 0.1) is 26.4 Å². The van der Waals surface area contributed by atoms with Gasteiger partial charge in [-0.3, -0.25) is 0 Å². The van der Waals surface area contributed by atoms with Gasteiger partial charge in [0.25, 0.3) is 0 Å². The van der Waals surface area contributed by atoms with E-state index in [0.717, 1.165) is 49.7 Å². The quantitative estimate of drug-likeness (QED) is 0.749. The van der Waals surface area contributed by atoms with Gasteiger partial charge in [-0.1, -0.05) is 22.0 Å². The Labute approximate surface area is 122 Å². The van der Waals surface area contributed by atoms with E-state index < -0.39 is 0 Å². The molecule has 4 nitrogen and oxygen atoms in total. The number of nitrogens with one attached hydrogen (secondary N) is 1. The van der Waals surface area contributed by atoms with Crippen LogP contribution in [0.25, 0.3) is 0 Å². The SMILES string of the molecule is Brc1cccc(OCCOCC[NH+]2CCOCC2)c1. The second kappa shape index (κ2) is 8.53. The van der Waals surface area contributed by atoms with E-state index in [1.165, 1.54) is 0 Å². The fourth-order valence-electron chi connectivity index (χ4n) is 2.00. The lowest BCUT2D eigenvalue weighted by Crippen LogP contribution is -3.14. The van der Waals surface area contributed by atoms with Gasteiger partial charge in [0.1, 0.15) is 32.0 Å². The van der Waals surface area contributed by atoms with Crippen LogP contribution in [-0.2, 0) is 9.47 Å². The van der Waals surface area contributed by atoms with Gasteiger partial charge in [-0.2, -0.15) is 0 Å². The van der Waals surface area contributed by atoms with Crippen LogP contribution in [-0.4, -0.2) is 52.7 Å². The normalized spacial score (nSPS) is 16.5. The van der Waals surface area contributed by atoms with Gasteiger partial charge in [0, 0.05) is 4.47 Å². The summed E-state index contributed by atoms with van der Waals surface area (Å²) < 4.78 is 17.5. The second-order valence-electron chi connectivity index (χ2n) is 4.53. The number of hydrogen-bond acceptors (Lipinski definition) is 3. The highest BCUT2D eigenvalue weighted by Gasteiger charge is 2.12. The minimum absolute atomic E-state index is 0.592. The number of quaternary nitrogens is 1. The Balaban J connectivity index is 1.50. The molecule has 1 aliphatic heterocycles. The number of morpholine rings is 1. The first-order valence-corrected chi connectivity index (χ1v) is 7.51. The third kappa shape index (κ3) is 5.91. The molecule has 1 saturated heterocycles. The lowest BCUT2D eigenvalue weighted by atomic mass is 10.3. The Morgan fingerprint density at radius 3 is 2.79 bits per heavy atom. The topological polar surface area (TPSA) is 32.1 Å². The molecule has 1 aliphatic rings. The molecule has 1 fully saturated rings. The van der Waals surface area contributed by atoms with Gasteiger partial charge >= 0.3 is 0 Å². The summed E-state index contributed by atoms with van der Waals surface area (Å²) in [7, 11) is 0. The van der Waals surface area contributed by atoms with Crippen LogP contribution in [0.4, 0.5) is 0 Å². The number of halogens is 1. The van der Waals surface area contributed by atoms with E-state index in [1.807, 2.05) is 24.3 Å². The molecule has 1 aromatic carbocycles. The molecule has 2 rings (SSSR count). The highest BCUT2D eigenvalue weighted by molar-refractivity contribution is 9.10. The maximum Gasteiger partial charge on any atom is 0.120 e. The van der Waals surface area contributed by atoms with Crippen LogP contribution < -0.4 is 9.64 Å². The lowest BCUT2D eigenvalue weighted by Gasteiger charge is -2.23. The summed E-state index contributed by atoms with van der Waals surface area (Å²) in [4.78, 5) is 1.57. The molecular weight excluding hydrogens is 310 g/mol. The zero-order valence-corrected chi connectivity index (χ0v) is 12.7. The Hall–Kier alpha value is -0.620. The van der Waals surface area contributed by atoms with E-state index in [0.29, 0.717) is 13.2 Å². The van der Waals surface area contributed by atoms with Crippen molar-refractivity contribution in [3.8, 4) is 5.75 Å². The summed E-state index contributed by atoms with van der Waals surface area (Å²) in [6, 6.07) is 7.84. The summed E-state index contributed by atoms with van der Waals surface area (Å²) >= 11 is 3.42. The smallest absolute Gasteiger partial charge is 0.120 e. The van der Waals surface area contributed by atoms with Gasteiger partial charge in [-0.25, -0.2) is 0 Å². The van der Waals surface area contributed by atoms with Crippen molar-refractivity contribution in [2.45, 2.75) is 0 Å². The molecule has 0 amide bonds. The van der Waals surface area contributed by atoms with Crippen molar-refractivity contribution in [2.24, 2.45) is 0 Å². The molecule has 0 radical (unpaired) electrons. The van der Waals surface area contributed by atoms with Crippen LogP contribution in [0, 0.1) is 0 Å². The minimum Gasteiger partial charge on any atom is -0.491 e. The molecule has 106 valence electrons. The number of hydrogen-bond donors (Lipinski definition) is 1. The zero-order valence-electron chi connectivity index (χ0n) is 11.1. The molecule has 0 spiro atoms. The number of benzene rings is 1. The molecular formula is C14H21BrNO3+. The number of rotatable bonds is 7. The van der Waals surface area contributed by atoms with Crippen molar-refractivity contribution >= 4 is 15.9 Å². The van der Waals surface area contributed by atoms with E-state index in [1.54, 1.807) is 4.90 Å². The van der Waals surface area contributed by atoms with Crippen LogP contribution >= 0.6 is 15.9 Å². The van der Waals surface area contributed by atoms with Gasteiger partial charge in [-0.15, -0.1) is 0 Å². The Kier molecular flexibility index (Phi) is 6.64. The number of ether oxygens (including phenoxy) is 3. The van der Waals surface area contributed by atoms with Crippen LogP contribution in [0.2, 0.25) is 0 Å². The molecule has 0 aliphatic carbocycles. The first-order chi connectivity index (χ1) is 9.34. The van der Waals surface area contributed by atoms with Gasteiger partial charge < -0.3 is 19.1 Å². The van der Waals surface area contributed by atoms with Crippen LogP contribution in [0.15, 0.2) is 28.7 Å². The molecule has 1 aromatic rings. The summed E-state index contributed by atoms with van der Waals surface area (Å²) in [5.41, 5.74) is 0. The van der Waals surface area contributed by atoms with Gasteiger partial charge in [0.15, 0.2) is 0 Å². The summed E-state index contributed by atoms with van der Waals surface area (Å²) in [6.45, 7) is 7.01. The maximum absolute atomic E-state index is 5.60. The fraction of sp³-hybridized carbons (Fsp3) is 0.571. The molecule has 0 saturated carbocycles. The minimum atomic E-state index is 0.592. The van der Waals surface area contributed by atoms with Crippen molar-refractivity contribution < 1.29 is 19.1 Å². The van der Waals surface area contributed by atoms with E-state index in [-0.39, 0.29) is 0 Å². The molecule has 0 atom stereocenters. The molecule has 0 bridgehead atoms. The predicted octanol–water partition coefficient (Wildman–Crippen LogP) is 0.760. The van der Waals surface area contributed by atoms with Crippen molar-refractivity contribution in [2.75, 3.05) is 52.7 Å². The standard InChI is InChI=1S/C14H20BrNO3/c15-13-2-1-3-14(12-13)19-11-10-18-9-6-16-4-7-17-8-5-16/h1-3,12H,4-11H2/p+1. The van der Waals surface area contributed by atoms with Crippen LogP contribution in [0.3, 0.4) is 0 Å². The zero-order chi connectivity index (χ0) is 13.3. The summed E-state index contributed by atoms with van der Waals surface area (Å²) in [5, 5.41) is 0. The molecule has 5 heteroatoms. The van der Waals surface area contributed by atoms with Crippen LogP contribution in [0.5, 0.6) is 5.75 Å². The third-order valence-electron chi connectivity index (χ3n) is 3.09. The van der Waals surface area contributed by atoms with Crippen LogP contribution in [0.1, 0.15) is 0 Å². The Bertz CT molecular complexity index is 369. The summed E-state index contributed by atoms with van der Waals surface area (Å²) in [5.74, 6) is 0.872. The van der Waals surface area contributed by atoms with Gasteiger partial charge in [0.2, 0.25) is 0 Å². The maximum atomic E-state index is 5.60. The Morgan fingerprint density at radius 1 is 1.16 bits per heavy atom. The fourth-order valence-corrected chi connectivity index (χ4v) is 2.38. The van der Waals surface area contributed by atoms with E-state index >= 15 is 0 Å². The molecule has 0 aromatic heterocycles. The average molecular weight is 331 g/mol. The first kappa shape index (κ1) is 14.8. The van der Waals surface area contributed by atoms with Crippen molar-refractivity contribution in [3.63, 3.8) is 0 Å². The highest BCUT2D eigenvalue weighted by Crippen LogP contribution is 2.17. The van der Waals surface area contributed by atoms with E-state index in [2.05, 4.69) is 15.9 Å². The summed E-state index contributed by atoms with van der Waals surface area (Å²) in [6.07, 6.45) is 0. The lowest BCUT2D eigenvalue weighted by molar-refractivity contribution is -0.908. The average Bonchev–Trinajstić information content (AvgIpc) is 2.44.